The number of imide groups is 1. The summed E-state index contributed by atoms with van der Waals surface area (Å²) in [6.07, 6.45) is 5.43. The molecule has 0 spiro atoms. The number of aromatic nitrogens is 3. The number of nitrogens with zero attached hydrogens (tertiary/aromatic N) is 4. The normalized spacial score (nSPS) is 14.3. The molecular formula is C22H32N6O2S. The van der Waals surface area contributed by atoms with Crippen LogP contribution in [0.1, 0.15) is 46.0 Å². The Balaban J connectivity index is 1.53. The van der Waals surface area contributed by atoms with Crippen molar-refractivity contribution >= 4 is 29.4 Å². The summed E-state index contributed by atoms with van der Waals surface area (Å²) in [5, 5.41) is 14.4. The van der Waals surface area contributed by atoms with Gasteiger partial charge in [0.05, 0.1) is 5.75 Å². The molecule has 1 saturated carbocycles. The molecule has 0 aliphatic heterocycles. The fraction of sp³-hybridized carbons (Fsp3) is 0.545. The number of hydrogen-bond acceptors (Lipinski definition) is 6. The molecule has 1 heterocycles. The largest absolute Gasteiger partial charge is 0.372 e. The van der Waals surface area contributed by atoms with E-state index < -0.39 is 6.03 Å². The first-order valence-electron chi connectivity index (χ1n) is 11.0. The number of nitrogens with one attached hydrogen (secondary N) is 2. The molecule has 8 nitrogen and oxygen atoms in total. The van der Waals surface area contributed by atoms with Crippen LogP contribution in [0.25, 0.3) is 11.4 Å². The fourth-order valence-corrected chi connectivity index (χ4v) is 4.57. The lowest BCUT2D eigenvalue weighted by atomic mass is 9.96. The van der Waals surface area contributed by atoms with Gasteiger partial charge < -0.3 is 14.8 Å². The number of hydrogen-bond donors (Lipinski definition) is 2. The van der Waals surface area contributed by atoms with E-state index in [0.29, 0.717) is 5.16 Å². The van der Waals surface area contributed by atoms with E-state index in [0.717, 1.165) is 50.2 Å². The highest BCUT2D eigenvalue weighted by Crippen LogP contribution is 2.25. The van der Waals surface area contributed by atoms with E-state index in [4.69, 9.17) is 0 Å². The zero-order chi connectivity index (χ0) is 22.2. The van der Waals surface area contributed by atoms with Gasteiger partial charge in [-0.05, 0) is 51.0 Å². The van der Waals surface area contributed by atoms with E-state index in [-0.39, 0.29) is 17.7 Å². The first-order valence-corrected chi connectivity index (χ1v) is 12.0. The van der Waals surface area contributed by atoms with Crippen molar-refractivity contribution in [2.75, 3.05) is 23.7 Å². The van der Waals surface area contributed by atoms with E-state index in [1.807, 2.05) is 23.7 Å². The Morgan fingerprint density at radius 2 is 1.77 bits per heavy atom. The topological polar surface area (TPSA) is 92.2 Å². The first-order chi connectivity index (χ1) is 15.0. The van der Waals surface area contributed by atoms with Crippen LogP contribution in [-0.4, -0.2) is 51.6 Å². The summed E-state index contributed by atoms with van der Waals surface area (Å²) in [7, 11) is 1.88. The molecule has 1 aliphatic carbocycles. The average molecular weight is 445 g/mol. The summed E-state index contributed by atoms with van der Waals surface area (Å²) >= 11 is 1.26. The van der Waals surface area contributed by atoms with E-state index >= 15 is 0 Å². The van der Waals surface area contributed by atoms with Gasteiger partial charge in [0.15, 0.2) is 11.0 Å². The minimum absolute atomic E-state index is 0.102. The first kappa shape index (κ1) is 23.1. The van der Waals surface area contributed by atoms with Crippen molar-refractivity contribution in [2.45, 2.75) is 57.1 Å². The van der Waals surface area contributed by atoms with Crippen LogP contribution in [0.2, 0.25) is 0 Å². The molecule has 0 radical (unpaired) electrons. The molecule has 9 heteroatoms. The third-order valence-corrected chi connectivity index (χ3v) is 6.63. The second-order valence-corrected chi connectivity index (χ2v) is 8.67. The van der Waals surface area contributed by atoms with Crippen molar-refractivity contribution in [3.8, 4) is 11.4 Å². The maximum Gasteiger partial charge on any atom is 0.321 e. The Kier molecular flexibility index (Phi) is 8.34. The third-order valence-electron chi connectivity index (χ3n) is 5.61. The molecule has 0 unspecified atom stereocenters. The highest BCUT2D eigenvalue weighted by Gasteiger charge is 2.18. The SMILES string of the molecule is CCN(CC)c1ccc(-c2nnc(SCC(=O)NC(=O)NC3CCCCC3)n2C)cc1. The van der Waals surface area contributed by atoms with Gasteiger partial charge in [-0.15, -0.1) is 10.2 Å². The van der Waals surface area contributed by atoms with Crippen molar-refractivity contribution in [1.82, 2.24) is 25.4 Å². The Labute approximate surface area is 188 Å². The number of carbonyl (C=O) groups is 2. The van der Waals surface area contributed by atoms with Gasteiger partial charge in [-0.2, -0.15) is 0 Å². The van der Waals surface area contributed by atoms with Crippen LogP contribution >= 0.6 is 11.8 Å². The predicted octanol–water partition coefficient (Wildman–Crippen LogP) is 3.58. The van der Waals surface area contributed by atoms with Gasteiger partial charge in [0.1, 0.15) is 0 Å². The lowest BCUT2D eigenvalue weighted by molar-refractivity contribution is -0.117. The Morgan fingerprint density at radius 1 is 1.10 bits per heavy atom. The minimum atomic E-state index is -0.413. The molecule has 3 amide bonds. The van der Waals surface area contributed by atoms with Crippen molar-refractivity contribution in [1.29, 1.82) is 0 Å². The number of urea groups is 1. The molecule has 0 atom stereocenters. The molecular weight excluding hydrogens is 412 g/mol. The molecule has 1 aromatic heterocycles. The van der Waals surface area contributed by atoms with Crippen LogP contribution in [-0.2, 0) is 11.8 Å². The fourth-order valence-electron chi connectivity index (χ4n) is 3.86. The second kappa shape index (κ2) is 11.2. The summed E-state index contributed by atoms with van der Waals surface area (Å²) in [4.78, 5) is 26.5. The van der Waals surface area contributed by atoms with Gasteiger partial charge in [0.2, 0.25) is 5.91 Å². The van der Waals surface area contributed by atoms with Gasteiger partial charge in [-0.1, -0.05) is 31.0 Å². The lowest BCUT2D eigenvalue weighted by Crippen LogP contribution is -2.45. The van der Waals surface area contributed by atoms with Crippen LogP contribution in [0.4, 0.5) is 10.5 Å². The third kappa shape index (κ3) is 6.22. The molecule has 1 aliphatic rings. The van der Waals surface area contributed by atoms with Gasteiger partial charge in [0, 0.05) is 37.4 Å². The summed E-state index contributed by atoms with van der Waals surface area (Å²) < 4.78 is 1.87. The minimum Gasteiger partial charge on any atom is -0.372 e. The van der Waals surface area contributed by atoms with Crippen molar-refractivity contribution in [3.63, 3.8) is 0 Å². The number of thioether (sulfide) groups is 1. The molecule has 0 bridgehead atoms. The van der Waals surface area contributed by atoms with Gasteiger partial charge in [0.25, 0.3) is 0 Å². The molecule has 0 saturated heterocycles. The highest BCUT2D eigenvalue weighted by atomic mass is 32.2. The van der Waals surface area contributed by atoms with E-state index in [1.165, 1.54) is 23.9 Å². The molecule has 3 rings (SSSR count). The number of rotatable bonds is 8. The van der Waals surface area contributed by atoms with Crippen molar-refractivity contribution in [2.24, 2.45) is 7.05 Å². The summed E-state index contributed by atoms with van der Waals surface area (Å²) in [6, 6.07) is 8.00. The predicted molar refractivity (Wildman–Crippen MR) is 124 cm³/mol. The maximum absolute atomic E-state index is 12.2. The number of amides is 3. The number of anilines is 1. The lowest BCUT2D eigenvalue weighted by Gasteiger charge is -2.22. The maximum atomic E-state index is 12.2. The van der Waals surface area contributed by atoms with Gasteiger partial charge in [-0.3, -0.25) is 10.1 Å². The Morgan fingerprint density at radius 3 is 2.42 bits per heavy atom. The molecule has 2 N–H and O–H groups in total. The van der Waals surface area contributed by atoms with Crippen molar-refractivity contribution in [3.05, 3.63) is 24.3 Å². The van der Waals surface area contributed by atoms with Crippen molar-refractivity contribution < 1.29 is 9.59 Å². The van der Waals surface area contributed by atoms with Gasteiger partial charge in [-0.25, -0.2) is 4.79 Å². The van der Waals surface area contributed by atoms with Crippen LogP contribution < -0.4 is 15.5 Å². The Bertz CT molecular complexity index is 873. The van der Waals surface area contributed by atoms with Crippen LogP contribution in [0.15, 0.2) is 29.4 Å². The Hall–Kier alpha value is -2.55. The zero-order valence-corrected chi connectivity index (χ0v) is 19.4. The summed E-state index contributed by atoms with van der Waals surface area (Å²) in [5.41, 5.74) is 2.14. The van der Waals surface area contributed by atoms with Crippen LogP contribution in [0.3, 0.4) is 0 Å². The van der Waals surface area contributed by atoms with E-state index in [9.17, 15) is 9.59 Å². The van der Waals surface area contributed by atoms with E-state index in [1.54, 1.807) is 0 Å². The molecule has 168 valence electrons. The smallest absolute Gasteiger partial charge is 0.321 e. The molecule has 1 aromatic carbocycles. The number of benzene rings is 1. The summed E-state index contributed by atoms with van der Waals surface area (Å²) in [6.45, 7) is 6.20. The quantitative estimate of drug-likeness (QED) is 0.605. The molecule has 31 heavy (non-hydrogen) atoms. The number of carbonyl (C=O) groups excluding carboxylic acids is 2. The van der Waals surface area contributed by atoms with Gasteiger partial charge >= 0.3 is 6.03 Å². The molecule has 1 fully saturated rings. The zero-order valence-electron chi connectivity index (χ0n) is 18.6. The highest BCUT2D eigenvalue weighted by molar-refractivity contribution is 7.99. The van der Waals surface area contributed by atoms with Crippen LogP contribution in [0.5, 0.6) is 0 Å². The van der Waals surface area contributed by atoms with E-state index in [2.05, 4.69) is 51.7 Å². The second-order valence-electron chi connectivity index (χ2n) is 7.73. The monoisotopic (exact) mass is 444 g/mol. The van der Waals surface area contributed by atoms with Crippen LogP contribution in [0, 0.1) is 0 Å². The average Bonchev–Trinajstić information content (AvgIpc) is 3.14. The summed E-state index contributed by atoms with van der Waals surface area (Å²) in [5.74, 6) is 0.501. The standard InChI is InChI=1S/C22H32N6O2S/c1-4-28(5-2)18-13-11-16(12-14-18)20-25-26-22(27(20)3)31-15-19(29)24-21(30)23-17-9-7-6-8-10-17/h11-14,17H,4-10,15H2,1-3H3,(H2,23,24,29,30). The molecule has 2 aromatic rings.